The van der Waals surface area contributed by atoms with E-state index in [1.807, 2.05) is 0 Å². The van der Waals surface area contributed by atoms with Crippen molar-refractivity contribution in [3.63, 3.8) is 0 Å². The molecule has 1 aliphatic heterocycles. The summed E-state index contributed by atoms with van der Waals surface area (Å²) in [6.07, 6.45) is -4.24. The van der Waals surface area contributed by atoms with Crippen molar-refractivity contribution in [1.29, 1.82) is 0 Å². The maximum atomic E-state index is 12.8. The molecular weight excluding hydrogens is 313 g/mol. The van der Waals surface area contributed by atoms with E-state index in [4.69, 9.17) is 0 Å². The maximum Gasteiger partial charge on any atom is 0.418 e. The van der Waals surface area contributed by atoms with Gasteiger partial charge in [0.15, 0.2) is 0 Å². The van der Waals surface area contributed by atoms with Gasteiger partial charge in [-0.05, 0) is 18.2 Å². The van der Waals surface area contributed by atoms with Crippen molar-refractivity contribution in [1.82, 2.24) is 5.32 Å². The summed E-state index contributed by atoms with van der Waals surface area (Å²) in [5.74, 6) is -0.154. The first-order valence-electron chi connectivity index (χ1n) is 5.26. The molecule has 0 saturated carbocycles. The van der Waals surface area contributed by atoms with Crippen LogP contribution in [-0.2, 0) is 11.0 Å². The first-order chi connectivity index (χ1) is 8.36. The van der Waals surface area contributed by atoms with E-state index < -0.39 is 11.7 Å². The number of nitrogens with one attached hydrogen (secondary N) is 2. The van der Waals surface area contributed by atoms with E-state index in [0.29, 0.717) is 11.0 Å². The number of amides is 1. The second-order valence-electron chi connectivity index (χ2n) is 4.04. The third-order valence-electron chi connectivity index (χ3n) is 2.62. The molecule has 0 bridgehead atoms. The highest BCUT2D eigenvalue weighted by atomic mass is 79.9. The minimum absolute atomic E-state index is 0.00722. The quantitative estimate of drug-likeness (QED) is 0.879. The molecule has 1 fully saturated rings. The van der Waals surface area contributed by atoms with Crippen molar-refractivity contribution in [2.24, 2.45) is 0 Å². The van der Waals surface area contributed by atoms with Crippen LogP contribution >= 0.6 is 15.9 Å². The largest absolute Gasteiger partial charge is 0.418 e. The molecule has 1 aromatic carbocycles. The number of alkyl halides is 3. The normalized spacial score (nSPS) is 19.8. The zero-order valence-corrected chi connectivity index (χ0v) is 10.7. The highest BCUT2D eigenvalue weighted by Gasteiger charge is 2.34. The molecule has 98 valence electrons. The van der Waals surface area contributed by atoms with E-state index in [-0.39, 0.29) is 24.1 Å². The summed E-state index contributed by atoms with van der Waals surface area (Å²) in [5.41, 5.74) is -0.747. The number of carbonyl (C=O) groups is 1. The summed E-state index contributed by atoms with van der Waals surface area (Å²) in [6, 6.07) is 3.60. The average molecular weight is 323 g/mol. The van der Waals surface area contributed by atoms with Gasteiger partial charge in [0.25, 0.3) is 0 Å². The van der Waals surface area contributed by atoms with E-state index in [0.717, 1.165) is 6.07 Å². The Morgan fingerprint density at radius 3 is 2.67 bits per heavy atom. The number of hydrogen-bond donors (Lipinski definition) is 2. The van der Waals surface area contributed by atoms with Crippen LogP contribution in [-0.4, -0.2) is 18.5 Å². The summed E-state index contributed by atoms with van der Waals surface area (Å²) in [5, 5.41) is 5.32. The molecule has 7 heteroatoms. The lowest BCUT2D eigenvalue weighted by Crippen LogP contribution is -2.24. The number of benzene rings is 1. The molecule has 1 saturated heterocycles. The summed E-state index contributed by atoms with van der Waals surface area (Å²) in [7, 11) is 0. The van der Waals surface area contributed by atoms with Gasteiger partial charge in [-0.15, -0.1) is 0 Å². The van der Waals surface area contributed by atoms with Crippen LogP contribution in [0.1, 0.15) is 12.0 Å². The molecule has 0 aromatic heterocycles. The Morgan fingerprint density at radius 1 is 1.39 bits per heavy atom. The Kier molecular flexibility index (Phi) is 3.52. The lowest BCUT2D eigenvalue weighted by atomic mass is 10.1. The molecule has 0 spiro atoms. The molecule has 2 rings (SSSR count). The second-order valence-corrected chi connectivity index (χ2v) is 4.95. The van der Waals surface area contributed by atoms with Gasteiger partial charge < -0.3 is 10.6 Å². The molecule has 1 amide bonds. The zero-order valence-electron chi connectivity index (χ0n) is 9.14. The minimum Gasteiger partial charge on any atom is -0.380 e. The highest BCUT2D eigenvalue weighted by Crippen LogP contribution is 2.37. The van der Waals surface area contributed by atoms with Crippen LogP contribution < -0.4 is 10.6 Å². The third kappa shape index (κ3) is 2.95. The fraction of sp³-hybridized carbons (Fsp3) is 0.364. The van der Waals surface area contributed by atoms with E-state index in [9.17, 15) is 18.0 Å². The number of rotatable bonds is 2. The van der Waals surface area contributed by atoms with E-state index in [2.05, 4.69) is 26.6 Å². The average Bonchev–Trinajstić information content (AvgIpc) is 2.65. The van der Waals surface area contributed by atoms with Crippen molar-refractivity contribution in [3.8, 4) is 0 Å². The summed E-state index contributed by atoms with van der Waals surface area (Å²) in [4.78, 5) is 11.0. The van der Waals surface area contributed by atoms with Gasteiger partial charge in [-0.1, -0.05) is 15.9 Å². The van der Waals surface area contributed by atoms with E-state index >= 15 is 0 Å². The van der Waals surface area contributed by atoms with Gasteiger partial charge in [0.05, 0.1) is 11.6 Å². The number of halogens is 4. The molecule has 1 atom stereocenters. The topological polar surface area (TPSA) is 41.1 Å². The van der Waals surface area contributed by atoms with Crippen molar-refractivity contribution in [2.75, 3.05) is 11.9 Å². The number of hydrogen-bond acceptors (Lipinski definition) is 2. The lowest BCUT2D eigenvalue weighted by Gasteiger charge is -2.18. The highest BCUT2D eigenvalue weighted by molar-refractivity contribution is 9.10. The van der Waals surface area contributed by atoms with Crippen molar-refractivity contribution >= 4 is 27.5 Å². The standard InChI is InChI=1S/C11H10BrF3N2O/c12-6-1-2-9(8(3-6)11(13,14)15)17-7-4-10(18)16-5-7/h1-3,7,17H,4-5H2,(H,16,18). The fourth-order valence-electron chi connectivity index (χ4n) is 1.80. The summed E-state index contributed by atoms with van der Waals surface area (Å²) < 4.78 is 38.9. The van der Waals surface area contributed by atoms with Crippen LogP contribution in [0.5, 0.6) is 0 Å². The molecule has 18 heavy (non-hydrogen) atoms. The third-order valence-corrected chi connectivity index (χ3v) is 3.12. The molecule has 0 aliphatic carbocycles. The number of anilines is 1. The van der Waals surface area contributed by atoms with Gasteiger partial charge >= 0.3 is 6.18 Å². The monoisotopic (exact) mass is 322 g/mol. The van der Waals surface area contributed by atoms with Gasteiger partial charge in [0, 0.05) is 23.1 Å². The van der Waals surface area contributed by atoms with Gasteiger partial charge in [-0.2, -0.15) is 13.2 Å². The van der Waals surface area contributed by atoms with Crippen LogP contribution in [0.25, 0.3) is 0 Å². The van der Waals surface area contributed by atoms with Crippen molar-refractivity contribution in [3.05, 3.63) is 28.2 Å². The maximum absolute atomic E-state index is 12.8. The Bertz CT molecular complexity index is 476. The molecule has 1 aromatic rings. The first kappa shape index (κ1) is 13.2. The van der Waals surface area contributed by atoms with Gasteiger partial charge in [-0.25, -0.2) is 0 Å². The Hall–Kier alpha value is -1.24. The van der Waals surface area contributed by atoms with Crippen molar-refractivity contribution in [2.45, 2.75) is 18.6 Å². The molecular formula is C11H10BrF3N2O. The molecule has 1 unspecified atom stereocenters. The van der Waals surface area contributed by atoms with E-state index in [1.165, 1.54) is 12.1 Å². The zero-order chi connectivity index (χ0) is 13.3. The first-order valence-corrected chi connectivity index (χ1v) is 6.05. The van der Waals surface area contributed by atoms with Crippen LogP contribution in [0.15, 0.2) is 22.7 Å². The fourth-order valence-corrected chi connectivity index (χ4v) is 2.17. The Balaban J connectivity index is 2.24. The molecule has 3 nitrogen and oxygen atoms in total. The predicted molar refractivity (Wildman–Crippen MR) is 64.2 cm³/mol. The van der Waals surface area contributed by atoms with Crippen LogP contribution in [0.3, 0.4) is 0 Å². The van der Waals surface area contributed by atoms with Crippen LogP contribution in [0.4, 0.5) is 18.9 Å². The smallest absolute Gasteiger partial charge is 0.380 e. The molecule has 1 aliphatic rings. The predicted octanol–water partition coefficient (Wildman–Crippen LogP) is 2.77. The summed E-state index contributed by atoms with van der Waals surface area (Å²) in [6.45, 7) is 0.339. The minimum atomic E-state index is -4.43. The summed E-state index contributed by atoms with van der Waals surface area (Å²) >= 11 is 3.02. The van der Waals surface area contributed by atoms with Crippen LogP contribution in [0, 0.1) is 0 Å². The molecule has 1 heterocycles. The van der Waals surface area contributed by atoms with E-state index in [1.54, 1.807) is 0 Å². The van der Waals surface area contributed by atoms with Crippen molar-refractivity contribution < 1.29 is 18.0 Å². The Morgan fingerprint density at radius 2 is 2.11 bits per heavy atom. The SMILES string of the molecule is O=C1CC(Nc2ccc(Br)cc2C(F)(F)F)CN1. The Labute approximate surface area is 110 Å². The van der Waals surface area contributed by atoms with Gasteiger partial charge in [-0.3, -0.25) is 4.79 Å². The second kappa shape index (κ2) is 4.79. The molecule has 2 N–H and O–H groups in total. The van der Waals surface area contributed by atoms with Crippen LogP contribution in [0.2, 0.25) is 0 Å². The number of carbonyl (C=O) groups excluding carboxylic acids is 1. The van der Waals surface area contributed by atoms with Gasteiger partial charge in [0.2, 0.25) is 5.91 Å². The lowest BCUT2D eigenvalue weighted by molar-refractivity contribution is -0.137. The molecule has 0 radical (unpaired) electrons. The van der Waals surface area contributed by atoms with Gasteiger partial charge in [0.1, 0.15) is 0 Å².